The van der Waals surface area contributed by atoms with Crippen molar-refractivity contribution < 1.29 is 31.5 Å². The van der Waals surface area contributed by atoms with Gasteiger partial charge in [-0.1, -0.05) is 0 Å². The lowest BCUT2D eigenvalue weighted by molar-refractivity contribution is 0.0691. The van der Waals surface area contributed by atoms with Crippen LogP contribution in [0.15, 0.2) is 41.3 Å². The van der Waals surface area contributed by atoms with Crippen LogP contribution in [0.25, 0.3) is 0 Å². The number of hydrogen-bond donors (Lipinski definition) is 2. The molecule has 5 nitrogen and oxygen atoms in total. The van der Waals surface area contributed by atoms with Gasteiger partial charge in [0.15, 0.2) is 0 Å². The Kier molecular flexibility index (Phi) is 4.09. The number of nitrogens with one attached hydrogen (secondary N) is 1. The lowest BCUT2D eigenvalue weighted by atomic mass is 10.2. The molecule has 2 aromatic rings. The van der Waals surface area contributed by atoms with E-state index in [1.54, 1.807) is 0 Å². The fourth-order valence-corrected chi connectivity index (χ4v) is 2.70. The number of anilines is 1. The molecule has 2 rings (SSSR count). The van der Waals surface area contributed by atoms with Crippen LogP contribution in [0.4, 0.5) is 18.9 Å². The second-order valence-corrected chi connectivity index (χ2v) is 5.86. The molecular weight excluding hydrogens is 323 g/mol. The Bertz CT molecular complexity index is 852. The Balaban J connectivity index is 2.42. The molecular formula is C13H8F3NO4S. The number of halogens is 3. The Labute approximate surface area is 123 Å². The van der Waals surface area contributed by atoms with Crippen LogP contribution in [-0.4, -0.2) is 19.5 Å². The molecule has 0 bridgehead atoms. The standard InChI is InChI=1S/C13H8F3NO4S/c14-7-1-4-12(11(16)5-7)17-22(20,21)8-2-3-10(15)9(6-8)13(18)19/h1-6,17H,(H,18,19). The number of carboxylic acid groups (broad SMARTS) is 1. The molecule has 0 heterocycles. The zero-order chi connectivity index (χ0) is 16.5. The van der Waals surface area contributed by atoms with Gasteiger partial charge in [-0.25, -0.2) is 26.4 Å². The largest absolute Gasteiger partial charge is 0.478 e. The highest BCUT2D eigenvalue weighted by atomic mass is 32.2. The molecule has 2 N–H and O–H groups in total. The summed E-state index contributed by atoms with van der Waals surface area (Å²) in [7, 11) is -4.36. The minimum absolute atomic E-state index is 0.477. The Morgan fingerprint density at radius 3 is 2.27 bits per heavy atom. The van der Waals surface area contributed by atoms with Crippen molar-refractivity contribution >= 4 is 21.7 Å². The van der Waals surface area contributed by atoms with E-state index in [0.29, 0.717) is 18.2 Å². The minimum atomic E-state index is -4.36. The smallest absolute Gasteiger partial charge is 0.338 e. The van der Waals surface area contributed by atoms with E-state index in [1.165, 1.54) is 0 Å². The minimum Gasteiger partial charge on any atom is -0.478 e. The highest BCUT2D eigenvalue weighted by Gasteiger charge is 2.20. The van der Waals surface area contributed by atoms with Crippen LogP contribution < -0.4 is 4.72 Å². The van der Waals surface area contributed by atoms with Gasteiger partial charge in [-0.15, -0.1) is 0 Å². The van der Waals surface area contributed by atoms with E-state index in [4.69, 9.17) is 5.11 Å². The van der Waals surface area contributed by atoms with Crippen molar-refractivity contribution in [3.05, 3.63) is 59.4 Å². The maximum atomic E-state index is 13.4. The molecule has 0 aliphatic carbocycles. The molecule has 0 aliphatic heterocycles. The molecule has 0 fully saturated rings. The third-order valence-corrected chi connectivity index (χ3v) is 4.02. The Morgan fingerprint density at radius 2 is 1.68 bits per heavy atom. The number of rotatable bonds is 4. The molecule has 0 aliphatic rings. The van der Waals surface area contributed by atoms with Gasteiger partial charge in [0, 0.05) is 6.07 Å². The number of carbonyl (C=O) groups is 1. The van der Waals surface area contributed by atoms with Gasteiger partial charge in [0.2, 0.25) is 0 Å². The summed E-state index contributed by atoms with van der Waals surface area (Å²) in [4.78, 5) is 10.2. The van der Waals surface area contributed by atoms with E-state index in [0.717, 1.165) is 18.2 Å². The van der Waals surface area contributed by atoms with Crippen LogP contribution in [0.3, 0.4) is 0 Å². The van der Waals surface area contributed by atoms with Crippen molar-refractivity contribution in [1.82, 2.24) is 0 Å². The van der Waals surface area contributed by atoms with E-state index in [1.807, 2.05) is 4.72 Å². The number of hydrogen-bond acceptors (Lipinski definition) is 3. The predicted molar refractivity (Wildman–Crippen MR) is 70.5 cm³/mol. The monoisotopic (exact) mass is 331 g/mol. The van der Waals surface area contributed by atoms with E-state index < -0.39 is 49.6 Å². The first-order chi connectivity index (χ1) is 10.2. The molecule has 9 heteroatoms. The maximum absolute atomic E-state index is 13.4. The highest BCUT2D eigenvalue weighted by molar-refractivity contribution is 7.92. The molecule has 0 saturated carbocycles. The Morgan fingerprint density at radius 1 is 1.00 bits per heavy atom. The topological polar surface area (TPSA) is 83.5 Å². The average Bonchev–Trinajstić information content (AvgIpc) is 2.42. The van der Waals surface area contributed by atoms with Crippen LogP contribution in [0.2, 0.25) is 0 Å². The Hall–Kier alpha value is -2.55. The number of aromatic carboxylic acids is 1. The van der Waals surface area contributed by atoms with Crippen LogP contribution in [0.5, 0.6) is 0 Å². The summed E-state index contributed by atoms with van der Waals surface area (Å²) in [5.74, 6) is -4.80. The van der Waals surface area contributed by atoms with Crippen LogP contribution in [0.1, 0.15) is 10.4 Å². The van der Waals surface area contributed by atoms with Gasteiger partial charge in [0.1, 0.15) is 17.5 Å². The third kappa shape index (κ3) is 3.19. The maximum Gasteiger partial charge on any atom is 0.338 e. The van der Waals surface area contributed by atoms with Crippen LogP contribution >= 0.6 is 0 Å². The first kappa shape index (κ1) is 15.8. The van der Waals surface area contributed by atoms with E-state index >= 15 is 0 Å². The average molecular weight is 331 g/mol. The quantitative estimate of drug-likeness (QED) is 0.902. The predicted octanol–water partition coefficient (Wildman–Crippen LogP) is 2.60. The summed E-state index contributed by atoms with van der Waals surface area (Å²) in [6.45, 7) is 0. The van der Waals surface area contributed by atoms with Crippen molar-refractivity contribution in [3.63, 3.8) is 0 Å². The van der Waals surface area contributed by atoms with Gasteiger partial charge in [-0.2, -0.15) is 0 Å². The van der Waals surface area contributed by atoms with Crippen molar-refractivity contribution in [2.45, 2.75) is 4.90 Å². The lowest BCUT2D eigenvalue weighted by Crippen LogP contribution is -2.15. The second-order valence-electron chi connectivity index (χ2n) is 4.18. The second kappa shape index (κ2) is 5.68. The summed E-state index contributed by atoms with van der Waals surface area (Å²) < 4.78 is 65.4. The first-order valence-corrected chi connectivity index (χ1v) is 7.20. The summed E-state index contributed by atoms with van der Waals surface area (Å²) in [5.41, 5.74) is -1.37. The molecule has 2 aromatic carbocycles. The molecule has 116 valence electrons. The zero-order valence-corrected chi connectivity index (χ0v) is 11.5. The molecule has 0 radical (unpaired) electrons. The first-order valence-electron chi connectivity index (χ1n) is 5.71. The van der Waals surface area contributed by atoms with Crippen LogP contribution in [-0.2, 0) is 10.0 Å². The highest BCUT2D eigenvalue weighted by Crippen LogP contribution is 2.21. The summed E-state index contributed by atoms with van der Waals surface area (Å²) >= 11 is 0. The summed E-state index contributed by atoms with van der Waals surface area (Å²) in [6.07, 6.45) is 0. The molecule has 0 amide bonds. The van der Waals surface area contributed by atoms with Crippen molar-refractivity contribution in [3.8, 4) is 0 Å². The van der Waals surface area contributed by atoms with E-state index in [-0.39, 0.29) is 0 Å². The van der Waals surface area contributed by atoms with Gasteiger partial charge in [-0.05, 0) is 30.3 Å². The van der Waals surface area contributed by atoms with Crippen molar-refractivity contribution in [1.29, 1.82) is 0 Å². The summed E-state index contributed by atoms with van der Waals surface area (Å²) in [6, 6.07) is 4.27. The van der Waals surface area contributed by atoms with Gasteiger partial charge in [-0.3, -0.25) is 4.72 Å². The fourth-order valence-electron chi connectivity index (χ4n) is 1.61. The summed E-state index contributed by atoms with van der Waals surface area (Å²) in [5, 5.41) is 8.76. The van der Waals surface area contributed by atoms with Gasteiger partial charge in [0.05, 0.1) is 16.1 Å². The van der Waals surface area contributed by atoms with E-state index in [2.05, 4.69) is 0 Å². The third-order valence-electron chi connectivity index (χ3n) is 2.65. The number of sulfonamides is 1. The fraction of sp³-hybridized carbons (Fsp3) is 0. The number of carboxylic acids is 1. The molecule has 0 saturated heterocycles. The number of benzene rings is 2. The van der Waals surface area contributed by atoms with Gasteiger partial charge in [0.25, 0.3) is 10.0 Å². The van der Waals surface area contributed by atoms with Gasteiger partial charge < -0.3 is 5.11 Å². The lowest BCUT2D eigenvalue weighted by Gasteiger charge is -2.10. The van der Waals surface area contributed by atoms with Gasteiger partial charge >= 0.3 is 5.97 Å². The molecule has 0 spiro atoms. The van der Waals surface area contributed by atoms with E-state index in [9.17, 15) is 26.4 Å². The molecule has 0 aromatic heterocycles. The normalized spacial score (nSPS) is 11.2. The molecule has 0 unspecified atom stereocenters. The molecule has 0 atom stereocenters. The molecule has 22 heavy (non-hydrogen) atoms. The van der Waals surface area contributed by atoms with Crippen LogP contribution in [0, 0.1) is 17.5 Å². The SMILES string of the molecule is O=C(O)c1cc(S(=O)(=O)Nc2ccc(F)cc2F)ccc1F. The van der Waals surface area contributed by atoms with Crippen molar-refractivity contribution in [2.75, 3.05) is 4.72 Å². The van der Waals surface area contributed by atoms with Crippen molar-refractivity contribution in [2.24, 2.45) is 0 Å². The zero-order valence-electron chi connectivity index (χ0n) is 10.7.